The third kappa shape index (κ3) is 3.51. The van der Waals surface area contributed by atoms with Crippen molar-refractivity contribution < 1.29 is 0 Å². The quantitative estimate of drug-likeness (QED) is 0.271. The molecular formula is C28H26N2. The highest BCUT2D eigenvalue weighted by Crippen LogP contribution is 2.40. The molecule has 0 bridgehead atoms. The van der Waals surface area contributed by atoms with Crippen LogP contribution in [0.1, 0.15) is 30.4 Å². The molecule has 0 fully saturated rings. The summed E-state index contributed by atoms with van der Waals surface area (Å²) in [6, 6.07) is 27.6. The molecule has 0 saturated heterocycles. The number of anilines is 1. The number of hydrogen-bond acceptors (Lipinski definition) is 2. The van der Waals surface area contributed by atoms with E-state index in [1.807, 2.05) is 0 Å². The van der Waals surface area contributed by atoms with Crippen LogP contribution in [-0.4, -0.2) is 0 Å². The van der Waals surface area contributed by atoms with Crippen molar-refractivity contribution in [2.24, 2.45) is 5.84 Å². The third-order valence-corrected chi connectivity index (χ3v) is 6.20. The Bertz CT molecular complexity index is 1220. The molecule has 0 heterocycles. The van der Waals surface area contributed by atoms with Crippen LogP contribution in [0.2, 0.25) is 0 Å². The second-order valence-electron chi connectivity index (χ2n) is 7.98. The van der Waals surface area contributed by atoms with Crippen molar-refractivity contribution in [1.29, 1.82) is 0 Å². The molecule has 0 radical (unpaired) electrons. The summed E-state index contributed by atoms with van der Waals surface area (Å²) in [6.07, 6.45) is 9.43. The van der Waals surface area contributed by atoms with Crippen molar-refractivity contribution in [3.05, 3.63) is 108 Å². The van der Waals surface area contributed by atoms with Crippen LogP contribution >= 0.6 is 0 Å². The van der Waals surface area contributed by atoms with Gasteiger partial charge in [-0.1, -0.05) is 84.5 Å². The molecular weight excluding hydrogens is 364 g/mol. The summed E-state index contributed by atoms with van der Waals surface area (Å²) in [4.78, 5) is 0. The predicted octanol–water partition coefficient (Wildman–Crippen LogP) is 7.02. The Balaban J connectivity index is 0.000000161. The number of hydrogen-bond donors (Lipinski definition) is 2. The number of benzene rings is 4. The van der Waals surface area contributed by atoms with E-state index in [9.17, 15) is 0 Å². The molecule has 148 valence electrons. The van der Waals surface area contributed by atoms with Crippen LogP contribution in [0.15, 0.2) is 96.6 Å². The van der Waals surface area contributed by atoms with Gasteiger partial charge in [0.1, 0.15) is 0 Å². The largest absolute Gasteiger partial charge is 0.324 e. The highest BCUT2D eigenvalue weighted by atomic mass is 15.2. The van der Waals surface area contributed by atoms with Crippen molar-refractivity contribution >= 4 is 32.8 Å². The molecule has 2 nitrogen and oxygen atoms in total. The highest BCUT2D eigenvalue weighted by molar-refractivity contribution is 5.95. The summed E-state index contributed by atoms with van der Waals surface area (Å²) in [7, 11) is 0. The molecule has 2 aliphatic carbocycles. The Kier molecular flexibility index (Phi) is 5.08. The van der Waals surface area contributed by atoms with Crippen LogP contribution in [0.3, 0.4) is 0 Å². The van der Waals surface area contributed by atoms with E-state index in [1.54, 1.807) is 5.57 Å². The molecule has 3 N–H and O–H groups in total. The SMILES string of the molecule is NNc1ccc2c3c(ccc2c1)C1=C(CCC=C1)CC3.c1ccc2ccccc2c1. The van der Waals surface area contributed by atoms with Gasteiger partial charge in [-0.15, -0.1) is 0 Å². The minimum absolute atomic E-state index is 0.964. The van der Waals surface area contributed by atoms with E-state index < -0.39 is 0 Å². The fraction of sp³-hybridized carbons (Fsp3) is 0.143. The number of nitrogens with two attached hydrogens (primary N) is 1. The van der Waals surface area contributed by atoms with E-state index in [2.05, 4.69) is 96.4 Å². The summed E-state index contributed by atoms with van der Waals surface area (Å²) in [5, 5.41) is 5.25. The molecule has 4 aromatic rings. The van der Waals surface area contributed by atoms with Gasteiger partial charge in [0.15, 0.2) is 0 Å². The van der Waals surface area contributed by atoms with Gasteiger partial charge in [0, 0.05) is 5.69 Å². The second kappa shape index (κ2) is 8.17. The molecule has 4 aromatic carbocycles. The lowest BCUT2D eigenvalue weighted by atomic mass is 9.79. The average Bonchev–Trinajstić information content (AvgIpc) is 2.83. The smallest absolute Gasteiger partial charge is 0.0491 e. The predicted molar refractivity (Wildman–Crippen MR) is 129 cm³/mol. The number of hydrazine groups is 1. The summed E-state index contributed by atoms with van der Waals surface area (Å²) in [5.41, 5.74) is 9.73. The maximum absolute atomic E-state index is 5.50. The number of fused-ring (bicyclic) bond motifs is 5. The van der Waals surface area contributed by atoms with Gasteiger partial charge in [0.2, 0.25) is 0 Å². The first-order chi connectivity index (χ1) is 14.8. The van der Waals surface area contributed by atoms with Crippen molar-refractivity contribution in [2.75, 3.05) is 5.43 Å². The van der Waals surface area contributed by atoms with Gasteiger partial charge in [0.05, 0.1) is 0 Å². The van der Waals surface area contributed by atoms with Gasteiger partial charge in [-0.05, 0) is 76.1 Å². The van der Waals surface area contributed by atoms with Gasteiger partial charge >= 0.3 is 0 Å². The minimum Gasteiger partial charge on any atom is -0.324 e. The molecule has 0 unspecified atom stereocenters. The van der Waals surface area contributed by atoms with E-state index in [0.29, 0.717) is 0 Å². The van der Waals surface area contributed by atoms with E-state index in [0.717, 1.165) is 12.1 Å². The first-order valence-corrected chi connectivity index (χ1v) is 10.7. The zero-order valence-corrected chi connectivity index (χ0v) is 17.1. The van der Waals surface area contributed by atoms with Gasteiger partial charge < -0.3 is 5.43 Å². The third-order valence-electron chi connectivity index (χ3n) is 6.20. The van der Waals surface area contributed by atoms with Gasteiger partial charge in [-0.3, -0.25) is 5.84 Å². The van der Waals surface area contributed by atoms with E-state index >= 15 is 0 Å². The topological polar surface area (TPSA) is 38.0 Å². The number of rotatable bonds is 1. The van der Waals surface area contributed by atoms with E-state index in [4.69, 9.17) is 5.84 Å². The highest BCUT2D eigenvalue weighted by Gasteiger charge is 2.20. The van der Waals surface area contributed by atoms with Crippen LogP contribution in [0.5, 0.6) is 0 Å². The minimum atomic E-state index is 0.964. The molecule has 0 atom stereocenters. The van der Waals surface area contributed by atoms with E-state index in [1.165, 1.54) is 57.5 Å². The van der Waals surface area contributed by atoms with Crippen molar-refractivity contribution in [2.45, 2.75) is 25.7 Å². The maximum Gasteiger partial charge on any atom is 0.0491 e. The van der Waals surface area contributed by atoms with E-state index in [-0.39, 0.29) is 0 Å². The Hall–Kier alpha value is -3.36. The monoisotopic (exact) mass is 390 g/mol. The molecule has 0 amide bonds. The number of nitrogen functional groups attached to an aromatic ring is 1. The Morgan fingerprint density at radius 2 is 1.43 bits per heavy atom. The normalized spacial score (nSPS) is 14.7. The van der Waals surface area contributed by atoms with Crippen LogP contribution in [-0.2, 0) is 6.42 Å². The average molecular weight is 391 g/mol. The van der Waals surface area contributed by atoms with Crippen LogP contribution in [0.25, 0.3) is 27.1 Å². The van der Waals surface area contributed by atoms with Crippen molar-refractivity contribution in [1.82, 2.24) is 0 Å². The van der Waals surface area contributed by atoms with Crippen LogP contribution in [0, 0.1) is 0 Å². The van der Waals surface area contributed by atoms with Gasteiger partial charge in [0.25, 0.3) is 0 Å². The molecule has 0 saturated carbocycles. The zero-order chi connectivity index (χ0) is 20.3. The molecule has 30 heavy (non-hydrogen) atoms. The van der Waals surface area contributed by atoms with Gasteiger partial charge in [-0.25, -0.2) is 0 Å². The summed E-state index contributed by atoms with van der Waals surface area (Å²) >= 11 is 0. The second-order valence-corrected chi connectivity index (χ2v) is 7.98. The van der Waals surface area contributed by atoms with Crippen molar-refractivity contribution in [3.63, 3.8) is 0 Å². The van der Waals surface area contributed by atoms with Crippen LogP contribution in [0.4, 0.5) is 5.69 Å². The molecule has 6 rings (SSSR count). The maximum atomic E-state index is 5.50. The standard InChI is InChI=1S/C18H18N2.C10H8/c19-20-14-7-10-16-13(11-14)6-9-17-15-4-2-1-3-12(15)5-8-18(16)17;1-2-6-10-8-4-3-7-9(10)5-1/h2,4,6-7,9-11,20H,1,3,5,8,19H2;1-8H. The number of allylic oxidation sites excluding steroid dienone is 4. The fourth-order valence-electron chi connectivity index (χ4n) is 4.67. The Morgan fingerprint density at radius 1 is 0.700 bits per heavy atom. The molecule has 0 aromatic heterocycles. The number of nitrogens with one attached hydrogen (secondary N) is 1. The molecule has 0 aliphatic heterocycles. The molecule has 2 aliphatic rings. The summed E-state index contributed by atoms with van der Waals surface area (Å²) < 4.78 is 0. The van der Waals surface area contributed by atoms with Crippen LogP contribution < -0.4 is 11.3 Å². The summed E-state index contributed by atoms with van der Waals surface area (Å²) in [5.74, 6) is 5.50. The zero-order valence-electron chi connectivity index (χ0n) is 17.1. The molecule has 0 spiro atoms. The first-order valence-electron chi connectivity index (χ1n) is 10.7. The summed E-state index contributed by atoms with van der Waals surface area (Å²) in [6.45, 7) is 0. The number of aryl methyl sites for hydroxylation is 1. The Morgan fingerprint density at radius 3 is 2.13 bits per heavy atom. The van der Waals surface area contributed by atoms with Gasteiger partial charge in [-0.2, -0.15) is 0 Å². The lowest BCUT2D eigenvalue weighted by Crippen LogP contribution is -2.08. The van der Waals surface area contributed by atoms with Crippen molar-refractivity contribution in [3.8, 4) is 0 Å². The lowest BCUT2D eigenvalue weighted by molar-refractivity contribution is 0.831. The Labute approximate surface area is 177 Å². The first kappa shape index (κ1) is 18.7. The molecule has 2 heteroatoms. The fourth-order valence-corrected chi connectivity index (χ4v) is 4.67. The lowest BCUT2D eigenvalue weighted by Gasteiger charge is -2.25.